The highest BCUT2D eigenvalue weighted by Crippen LogP contribution is 2.12. The van der Waals surface area contributed by atoms with Crippen molar-refractivity contribution in [3.63, 3.8) is 0 Å². The molecule has 0 radical (unpaired) electrons. The molecule has 0 saturated carbocycles. The van der Waals surface area contributed by atoms with Gasteiger partial charge in [-0.15, -0.1) is 0 Å². The fourth-order valence-electron chi connectivity index (χ4n) is 1.91. The summed E-state index contributed by atoms with van der Waals surface area (Å²) in [5.74, 6) is -0.268. The van der Waals surface area contributed by atoms with Crippen molar-refractivity contribution >= 4 is 11.7 Å². The molecule has 0 heterocycles. The summed E-state index contributed by atoms with van der Waals surface area (Å²) in [5.41, 5.74) is 1.10. The maximum atomic E-state index is 11.2. The van der Waals surface area contributed by atoms with Crippen LogP contribution in [0.1, 0.15) is 26.7 Å². The van der Waals surface area contributed by atoms with E-state index in [1.165, 1.54) is 6.92 Å². The number of esters is 1. The van der Waals surface area contributed by atoms with Crippen molar-refractivity contribution in [3.8, 4) is 0 Å². The Morgan fingerprint density at radius 2 is 2.00 bits per heavy atom. The van der Waals surface area contributed by atoms with Gasteiger partial charge in [0.1, 0.15) is 6.10 Å². The van der Waals surface area contributed by atoms with E-state index in [4.69, 9.17) is 9.47 Å². The van der Waals surface area contributed by atoms with Crippen molar-refractivity contribution in [1.82, 2.24) is 0 Å². The molecular weight excluding hydrogens is 254 g/mol. The molecule has 0 aliphatic rings. The fourth-order valence-corrected chi connectivity index (χ4v) is 1.91. The lowest BCUT2D eigenvalue weighted by atomic mass is 10.2. The van der Waals surface area contributed by atoms with Gasteiger partial charge < -0.3 is 14.4 Å². The summed E-state index contributed by atoms with van der Waals surface area (Å²) in [5, 5.41) is 0. The van der Waals surface area contributed by atoms with Crippen molar-refractivity contribution in [1.29, 1.82) is 0 Å². The van der Waals surface area contributed by atoms with Gasteiger partial charge in [0.05, 0.1) is 13.2 Å². The van der Waals surface area contributed by atoms with Gasteiger partial charge in [0.25, 0.3) is 0 Å². The van der Waals surface area contributed by atoms with E-state index in [0.29, 0.717) is 19.8 Å². The highest BCUT2D eigenvalue weighted by atomic mass is 16.6. The van der Waals surface area contributed by atoms with Gasteiger partial charge in [0.15, 0.2) is 0 Å². The third kappa shape index (κ3) is 6.57. The molecule has 4 nitrogen and oxygen atoms in total. The third-order valence-electron chi connectivity index (χ3n) is 2.95. The minimum Gasteiger partial charge on any atom is -0.458 e. The van der Waals surface area contributed by atoms with Crippen molar-refractivity contribution in [3.05, 3.63) is 30.3 Å². The van der Waals surface area contributed by atoms with Crippen LogP contribution in [0.2, 0.25) is 0 Å². The Bertz CT molecular complexity index is 381. The number of para-hydroxylation sites is 1. The number of likely N-dealkylation sites (N-methyl/N-ethyl adjacent to an activating group) is 1. The fraction of sp³-hybridized carbons (Fsp3) is 0.562. The minimum absolute atomic E-state index is 0.241. The summed E-state index contributed by atoms with van der Waals surface area (Å²) < 4.78 is 10.9. The number of benzene rings is 1. The highest BCUT2D eigenvalue weighted by Gasteiger charge is 2.15. The second-order valence-corrected chi connectivity index (χ2v) is 4.88. The van der Waals surface area contributed by atoms with Crippen LogP contribution in [0.4, 0.5) is 5.69 Å². The zero-order valence-corrected chi connectivity index (χ0v) is 12.7. The van der Waals surface area contributed by atoms with Crippen LogP contribution in [-0.2, 0) is 14.3 Å². The Hall–Kier alpha value is -1.55. The van der Waals surface area contributed by atoms with Crippen molar-refractivity contribution in [2.75, 3.05) is 31.7 Å². The second kappa shape index (κ2) is 9.37. The summed E-state index contributed by atoms with van der Waals surface area (Å²) >= 11 is 0. The molecule has 0 bridgehead atoms. The van der Waals surface area contributed by atoms with Crippen LogP contribution in [0.15, 0.2) is 30.3 Å². The maximum Gasteiger partial charge on any atom is 0.303 e. The van der Waals surface area contributed by atoms with E-state index in [9.17, 15) is 4.79 Å². The van der Waals surface area contributed by atoms with Crippen LogP contribution in [0.25, 0.3) is 0 Å². The molecule has 0 saturated heterocycles. The predicted octanol–water partition coefficient (Wildman–Crippen LogP) is 2.87. The standard InChI is InChI=1S/C16H25NO3/c1-4-5-11-19-13-16(20-14(2)18)12-17(3)15-9-7-6-8-10-15/h6-10,16H,4-5,11-13H2,1-3H3. The molecule has 0 aliphatic heterocycles. The van der Waals surface area contributed by atoms with Gasteiger partial charge in [-0.2, -0.15) is 0 Å². The van der Waals surface area contributed by atoms with Crippen molar-refractivity contribution in [2.24, 2.45) is 0 Å². The van der Waals surface area contributed by atoms with Crippen LogP contribution >= 0.6 is 0 Å². The van der Waals surface area contributed by atoms with E-state index < -0.39 is 0 Å². The Morgan fingerprint density at radius 1 is 1.30 bits per heavy atom. The van der Waals surface area contributed by atoms with Gasteiger partial charge in [-0.25, -0.2) is 0 Å². The number of hydrogen-bond donors (Lipinski definition) is 0. The largest absolute Gasteiger partial charge is 0.458 e. The quantitative estimate of drug-likeness (QED) is 0.514. The molecule has 0 amide bonds. The molecule has 0 N–H and O–H groups in total. The Kier molecular flexibility index (Phi) is 7.73. The van der Waals surface area contributed by atoms with Gasteiger partial charge in [0, 0.05) is 26.3 Å². The monoisotopic (exact) mass is 279 g/mol. The molecule has 0 spiro atoms. The van der Waals surface area contributed by atoms with Gasteiger partial charge in [-0.05, 0) is 18.6 Å². The molecule has 112 valence electrons. The molecule has 1 aromatic rings. The smallest absolute Gasteiger partial charge is 0.303 e. The predicted molar refractivity (Wildman–Crippen MR) is 81.0 cm³/mol. The SMILES string of the molecule is CCCCOCC(CN(C)c1ccccc1)OC(C)=O. The number of unbranched alkanes of at least 4 members (excludes halogenated alkanes) is 1. The lowest BCUT2D eigenvalue weighted by molar-refractivity contribution is -0.148. The first-order valence-electron chi connectivity index (χ1n) is 7.14. The van der Waals surface area contributed by atoms with Gasteiger partial charge >= 0.3 is 5.97 Å². The molecule has 1 atom stereocenters. The van der Waals surface area contributed by atoms with E-state index in [2.05, 4.69) is 11.8 Å². The van der Waals surface area contributed by atoms with Crippen LogP contribution in [0, 0.1) is 0 Å². The highest BCUT2D eigenvalue weighted by molar-refractivity contribution is 5.66. The minimum atomic E-state index is -0.268. The summed E-state index contributed by atoms with van der Waals surface area (Å²) in [4.78, 5) is 13.2. The van der Waals surface area contributed by atoms with E-state index >= 15 is 0 Å². The number of rotatable bonds is 9. The van der Waals surface area contributed by atoms with Crippen molar-refractivity contribution < 1.29 is 14.3 Å². The number of anilines is 1. The first-order chi connectivity index (χ1) is 9.63. The number of hydrogen-bond acceptors (Lipinski definition) is 4. The summed E-state index contributed by atoms with van der Waals surface area (Å²) in [7, 11) is 1.98. The van der Waals surface area contributed by atoms with E-state index in [1.807, 2.05) is 37.4 Å². The van der Waals surface area contributed by atoms with Crippen LogP contribution in [0.3, 0.4) is 0 Å². The molecular formula is C16H25NO3. The normalized spacial score (nSPS) is 11.9. The molecule has 1 aromatic carbocycles. The van der Waals surface area contributed by atoms with Crippen molar-refractivity contribution in [2.45, 2.75) is 32.8 Å². The first kappa shape index (κ1) is 16.5. The number of ether oxygens (including phenoxy) is 2. The molecule has 1 rings (SSSR count). The molecule has 0 fully saturated rings. The average molecular weight is 279 g/mol. The number of nitrogens with zero attached hydrogens (tertiary/aromatic N) is 1. The van der Waals surface area contributed by atoms with Crippen LogP contribution in [-0.4, -0.2) is 38.9 Å². The lowest BCUT2D eigenvalue weighted by Crippen LogP contribution is -2.35. The van der Waals surface area contributed by atoms with Gasteiger partial charge in [-0.1, -0.05) is 31.5 Å². The molecule has 1 unspecified atom stereocenters. The summed E-state index contributed by atoms with van der Waals surface area (Å²) in [6, 6.07) is 10.0. The van der Waals surface area contributed by atoms with Gasteiger partial charge in [0.2, 0.25) is 0 Å². The maximum absolute atomic E-state index is 11.2. The zero-order chi connectivity index (χ0) is 14.8. The number of carbonyl (C=O) groups is 1. The number of carbonyl (C=O) groups excluding carboxylic acids is 1. The molecule has 0 aromatic heterocycles. The molecule has 0 aliphatic carbocycles. The summed E-state index contributed by atoms with van der Waals surface area (Å²) in [6.45, 7) is 5.33. The third-order valence-corrected chi connectivity index (χ3v) is 2.95. The Labute approximate surface area is 121 Å². The second-order valence-electron chi connectivity index (χ2n) is 4.88. The Morgan fingerprint density at radius 3 is 2.60 bits per heavy atom. The molecule has 4 heteroatoms. The van der Waals surface area contributed by atoms with Crippen LogP contribution in [0.5, 0.6) is 0 Å². The Balaban J connectivity index is 2.48. The van der Waals surface area contributed by atoms with E-state index in [1.54, 1.807) is 0 Å². The van der Waals surface area contributed by atoms with Gasteiger partial charge in [-0.3, -0.25) is 4.79 Å². The zero-order valence-electron chi connectivity index (χ0n) is 12.7. The first-order valence-corrected chi connectivity index (χ1v) is 7.14. The van der Waals surface area contributed by atoms with Crippen LogP contribution < -0.4 is 4.90 Å². The average Bonchev–Trinajstić information content (AvgIpc) is 2.43. The summed E-state index contributed by atoms with van der Waals surface area (Å²) in [6.07, 6.45) is 1.89. The topological polar surface area (TPSA) is 38.8 Å². The molecule has 20 heavy (non-hydrogen) atoms. The van der Waals surface area contributed by atoms with E-state index in [-0.39, 0.29) is 12.1 Å². The van der Waals surface area contributed by atoms with E-state index in [0.717, 1.165) is 18.5 Å². The lowest BCUT2D eigenvalue weighted by Gasteiger charge is -2.25.